The maximum atomic E-state index is 13.9. The molecule has 1 amide bonds. The lowest BCUT2D eigenvalue weighted by molar-refractivity contribution is -0.116. The molecule has 0 saturated heterocycles. The standard InChI is InChI=1S/C18H20F2N2O3S/c1-12-7-8-16(13(2)11-12)21-17(23)9-10-22(26(3,24)25)18-14(19)5-4-6-15(18)20/h4-8,11H,9-10H2,1-3H3,(H,21,23). The van der Waals surface area contributed by atoms with Crippen LogP contribution in [0.15, 0.2) is 36.4 Å². The highest BCUT2D eigenvalue weighted by Gasteiger charge is 2.25. The Labute approximate surface area is 151 Å². The Morgan fingerprint density at radius 3 is 2.27 bits per heavy atom. The minimum Gasteiger partial charge on any atom is -0.326 e. The normalized spacial score (nSPS) is 11.3. The van der Waals surface area contributed by atoms with E-state index in [-0.39, 0.29) is 13.0 Å². The van der Waals surface area contributed by atoms with Gasteiger partial charge in [0.1, 0.15) is 5.69 Å². The molecule has 0 saturated carbocycles. The zero-order valence-electron chi connectivity index (χ0n) is 14.7. The first kappa shape index (κ1) is 19.8. The highest BCUT2D eigenvalue weighted by molar-refractivity contribution is 7.92. The predicted octanol–water partition coefficient (Wildman–Crippen LogP) is 3.38. The predicted molar refractivity (Wildman–Crippen MR) is 97.7 cm³/mol. The summed E-state index contributed by atoms with van der Waals surface area (Å²) in [4.78, 5) is 12.2. The van der Waals surface area contributed by atoms with Gasteiger partial charge in [-0.3, -0.25) is 9.10 Å². The Hall–Kier alpha value is -2.48. The van der Waals surface area contributed by atoms with Crippen LogP contribution in [-0.2, 0) is 14.8 Å². The molecule has 0 radical (unpaired) electrons. The van der Waals surface area contributed by atoms with Crippen LogP contribution in [0.1, 0.15) is 17.5 Å². The van der Waals surface area contributed by atoms with E-state index < -0.39 is 33.3 Å². The van der Waals surface area contributed by atoms with E-state index in [9.17, 15) is 22.0 Å². The molecule has 5 nitrogen and oxygen atoms in total. The summed E-state index contributed by atoms with van der Waals surface area (Å²) in [5.74, 6) is -2.47. The number of nitrogens with zero attached hydrogens (tertiary/aromatic N) is 1. The van der Waals surface area contributed by atoms with Crippen LogP contribution in [0.25, 0.3) is 0 Å². The number of carbonyl (C=O) groups excluding carboxylic acids is 1. The van der Waals surface area contributed by atoms with Gasteiger partial charge in [0.15, 0.2) is 11.6 Å². The van der Waals surface area contributed by atoms with E-state index in [1.165, 1.54) is 0 Å². The van der Waals surface area contributed by atoms with E-state index >= 15 is 0 Å². The number of anilines is 2. The minimum absolute atomic E-state index is 0.256. The van der Waals surface area contributed by atoms with Crippen molar-refractivity contribution in [2.45, 2.75) is 20.3 Å². The maximum Gasteiger partial charge on any atom is 0.232 e. The number of rotatable bonds is 6. The average molecular weight is 382 g/mol. The molecule has 8 heteroatoms. The van der Waals surface area contributed by atoms with E-state index in [1.54, 1.807) is 6.07 Å². The molecule has 0 bridgehead atoms. The number of hydrogen-bond acceptors (Lipinski definition) is 3. The summed E-state index contributed by atoms with van der Waals surface area (Å²) < 4.78 is 52.4. The first-order valence-corrected chi connectivity index (χ1v) is 9.73. The molecular formula is C18H20F2N2O3S. The second kappa shape index (κ2) is 7.82. The van der Waals surface area contributed by atoms with Crippen molar-refractivity contribution in [3.8, 4) is 0 Å². The van der Waals surface area contributed by atoms with Crippen molar-refractivity contribution < 1.29 is 22.0 Å². The van der Waals surface area contributed by atoms with Gasteiger partial charge in [0.25, 0.3) is 0 Å². The highest BCUT2D eigenvalue weighted by atomic mass is 32.2. The molecule has 0 aliphatic heterocycles. The highest BCUT2D eigenvalue weighted by Crippen LogP contribution is 2.25. The number of sulfonamides is 1. The van der Waals surface area contributed by atoms with Gasteiger partial charge in [0.05, 0.1) is 6.26 Å². The van der Waals surface area contributed by atoms with Crippen molar-refractivity contribution in [2.24, 2.45) is 0 Å². The summed E-state index contributed by atoms with van der Waals surface area (Å²) in [6.07, 6.45) is 0.578. The van der Waals surface area contributed by atoms with E-state index in [1.807, 2.05) is 26.0 Å². The second-order valence-corrected chi connectivity index (χ2v) is 7.93. The molecule has 0 fully saturated rings. The largest absolute Gasteiger partial charge is 0.326 e. The topological polar surface area (TPSA) is 66.5 Å². The van der Waals surface area contributed by atoms with E-state index in [2.05, 4.69) is 5.32 Å². The van der Waals surface area contributed by atoms with Crippen molar-refractivity contribution in [2.75, 3.05) is 22.4 Å². The number of aryl methyl sites for hydroxylation is 2. The van der Waals surface area contributed by atoms with Gasteiger partial charge >= 0.3 is 0 Å². The van der Waals surface area contributed by atoms with Crippen molar-refractivity contribution in [1.82, 2.24) is 0 Å². The third-order valence-electron chi connectivity index (χ3n) is 3.79. The number of amides is 1. The fourth-order valence-electron chi connectivity index (χ4n) is 2.54. The number of hydrogen-bond donors (Lipinski definition) is 1. The van der Waals surface area contributed by atoms with Gasteiger partial charge in [0.2, 0.25) is 15.9 Å². The Balaban J connectivity index is 2.16. The first-order chi connectivity index (χ1) is 12.1. The molecule has 0 spiro atoms. The van der Waals surface area contributed by atoms with Crippen molar-refractivity contribution in [3.05, 3.63) is 59.2 Å². The number of halogens is 2. The summed E-state index contributed by atoms with van der Waals surface area (Å²) in [6.45, 7) is 3.37. The molecular weight excluding hydrogens is 362 g/mol. The summed E-state index contributed by atoms with van der Waals surface area (Å²) in [6, 6.07) is 8.54. The number of nitrogens with one attached hydrogen (secondary N) is 1. The third kappa shape index (κ3) is 4.78. The second-order valence-electron chi connectivity index (χ2n) is 6.02. The lowest BCUT2D eigenvalue weighted by atomic mass is 10.1. The van der Waals surface area contributed by atoms with E-state index in [0.29, 0.717) is 9.99 Å². The van der Waals surface area contributed by atoms with Crippen LogP contribution in [0.5, 0.6) is 0 Å². The van der Waals surface area contributed by atoms with Gasteiger partial charge < -0.3 is 5.32 Å². The SMILES string of the molecule is Cc1ccc(NC(=O)CCN(c2c(F)cccc2F)S(C)(=O)=O)c(C)c1. The van der Waals surface area contributed by atoms with Crippen LogP contribution in [0.4, 0.5) is 20.2 Å². The van der Waals surface area contributed by atoms with Crippen LogP contribution in [0.2, 0.25) is 0 Å². The molecule has 2 rings (SSSR count). The Morgan fingerprint density at radius 1 is 1.12 bits per heavy atom. The lowest BCUT2D eigenvalue weighted by Gasteiger charge is -2.23. The molecule has 1 N–H and O–H groups in total. The molecule has 0 aliphatic rings. The first-order valence-electron chi connectivity index (χ1n) is 7.88. The summed E-state index contributed by atoms with van der Waals surface area (Å²) >= 11 is 0. The fraction of sp³-hybridized carbons (Fsp3) is 0.278. The van der Waals surface area contributed by atoms with E-state index in [4.69, 9.17) is 0 Å². The van der Waals surface area contributed by atoms with Gasteiger partial charge in [-0.1, -0.05) is 23.8 Å². The molecule has 26 heavy (non-hydrogen) atoms. The maximum absolute atomic E-state index is 13.9. The van der Waals surface area contributed by atoms with Crippen LogP contribution in [0.3, 0.4) is 0 Å². The van der Waals surface area contributed by atoms with Crippen LogP contribution >= 0.6 is 0 Å². The number of benzene rings is 2. The summed E-state index contributed by atoms with van der Waals surface area (Å²) in [7, 11) is -3.97. The minimum atomic E-state index is -3.97. The van der Waals surface area contributed by atoms with Crippen LogP contribution in [0, 0.1) is 25.5 Å². The summed E-state index contributed by atoms with van der Waals surface area (Å²) in [5, 5.41) is 2.68. The third-order valence-corrected chi connectivity index (χ3v) is 4.95. The van der Waals surface area contributed by atoms with Crippen LogP contribution in [-0.4, -0.2) is 27.1 Å². The van der Waals surface area contributed by atoms with Crippen molar-refractivity contribution in [1.29, 1.82) is 0 Å². The Morgan fingerprint density at radius 2 is 1.73 bits per heavy atom. The van der Waals surface area contributed by atoms with Gasteiger partial charge in [-0.25, -0.2) is 17.2 Å². The zero-order valence-corrected chi connectivity index (χ0v) is 15.5. The number of para-hydroxylation sites is 1. The quantitative estimate of drug-likeness (QED) is 0.833. The molecule has 0 atom stereocenters. The van der Waals surface area contributed by atoms with Gasteiger partial charge in [-0.05, 0) is 37.6 Å². The number of carbonyl (C=O) groups is 1. The molecule has 2 aromatic rings. The van der Waals surface area contributed by atoms with Crippen molar-refractivity contribution in [3.63, 3.8) is 0 Å². The molecule has 0 unspecified atom stereocenters. The smallest absolute Gasteiger partial charge is 0.232 e. The Bertz CT molecular complexity index is 910. The van der Waals surface area contributed by atoms with Gasteiger partial charge in [-0.2, -0.15) is 0 Å². The Kier molecular flexibility index (Phi) is 5.97. The summed E-state index contributed by atoms with van der Waals surface area (Å²) in [5.41, 5.74) is 1.81. The molecule has 0 aromatic heterocycles. The molecule has 2 aromatic carbocycles. The van der Waals surface area contributed by atoms with Gasteiger partial charge in [-0.15, -0.1) is 0 Å². The van der Waals surface area contributed by atoms with Crippen LogP contribution < -0.4 is 9.62 Å². The molecule has 0 heterocycles. The fourth-order valence-corrected chi connectivity index (χ4v) is 3.47. The van der Waals surface area contributed by atoms with E-state index in [0.717, 1.165) is 35.6 Å². The molecule has 140 valence electrons. The lowest BCUT2D eigenvalue weighted by Crippen LogP contribution is -2.34. The molecule has 0 aliphatic carbocycles. The average Bonchev–Trinajstić information content (AvgIpc) is 2.51. The van der Waals surface area contributed by atoms with Crippen molar-refractivity contribution >= 4 is 27.3 Å². The zero-order chi connectivity index (χ0) is 19.5. The van der Waals surface area contributed by atoms with Gasteiger partial charge in [0, 0.05) is 18.7 Å². The monoisotopic (exact) mass is 382 g/mol.